The summed E-state index contributed by atoms with van der Waals surface area (Å²) in [4.78, 5) is 49.7. The van der Waals surface area contributed by atoms with E-state index in [0.29, 0.717) is 12.1 Å². The number of carbonyl (C=O) groups is 4. The number of carbonyl (C=O) groups excluding carboxylic acids is 4. The number of hydrogen-bond donors (Lipinski definition) is 2. The van der Waals surface area contributed by atoms with Crippen LogP contribution in [-0.2, 0) is 25.7 Å². The molecular formula is C21H20BrN3O5. The summed E-state index contributed by atoms with van der Waals surface area (Å²) < 4.78 is 5.82. The molecule has 8 nitrogen and oxygen atoms in total. The van der Waals surface area contributed by atoms with Gasteiger partial charge in [-0.1, -0.05) is 46.3 Å². The third-order valence-corrected chi connectivity index (χ3v) is 5.06. The van der Waals surface area contributed by atoms with Crippen molar-refractivity contribution in [1.29, 1.82) is 0 Å². The summed E-state index contributed by atoms with van der Waals surface area (Å²) in [5, 5.41) is 0. The van der Waals surface area contributed by atoms with Crippen LogP contribution in [0.3, 0.4) is 0 Å². The molecule has 2 aromatic carbocycles. The van der Waals surface area contributed by atoms with Gasteiger partial charge in [0.05, 0.1) is 5.92 Å². The summed E-state index contributed by atoms with van der Waals surface area (Å²) >= 11 is 3.27. The van der Waals surface area contributed by atoms with E-state index in [9.17, 15) is 19.2 Å². The van der Waals surface area contributed by atoms with Crippen LogP contribution >= 0.6 is 15.9 Å². The molecule has 1 fully saturated rings. The number of hydrazine groups is 1. The molecule has 0 unspecified atom stereocenters. The van der Waals surface area contributed by atoms with Crippen LogP contribution in [0.4, 0.5) is 0 Å². The minimum Gasteiger partial charge on any atom is -0.455 e. The molecule has 1 atom stereocenters. The highest BCUT2D eigenvalue weighted by Crippen LogP contribution is 2.21. The Morgan fingerprint density at radius 3 is 2.43 bits per heavy atom. The van der Waals surface area contributed by atoms with Crippen molar-refractivity contribution in [2.24, 2.45) is 5.92 Å². The highest BCUT2D eigenvalue weighted by atomic mass is 79.9. The van der Waals surface area contributed by atoms with Crippen molar-refractivity contribution in [2.75, 3.05) is 13.2 Å². The first-order chi connectivity index (χ1) is 14.4. The number of esters is 1. The number of nitrogens with one attached hydrogen (secondary N) is 2. The van der Waals surface area contributed by atoms with E-state index in [1.165, 1.54) is 0 Å². The van der Waals surface area contributed by atoms with E-state index in [-0.39, 0.29) is 18.9 Å². The zero-order valence-corrected chi connectivity index (χ0v) is 17.6. The molecule has 2 aromatic rings. The monoisotopic (exact) mass is 473 g/mol. The van der Waals surface area contributed by atoms with E-state index in [1.54, 1.807) is 29.2 Å². The second-order valence-corrected chi connectivity index (χ2v) is 7.69. The summed E-state index contributed by atoms with van der Waals surface area (Å²) in [6.07, 6.45) is 0.0492. The maximum atomic E-state index is 12.2. The Kier molecular flexibility index (Phi) is 7.18. The first-order valence-electron chi connectivity index (χ1n) is 9.25. The molecule has 156 valence electrons. The van der Waals surface area contributed by atoms with Crippen LogP contribution in [-0.4, -0.2) is 41.7 Å². The van der Waals surface area contributed by atoms with Gasteiger partial charge < -0.3 is 9.64 Å². The van der Waals surface area contributed by atoms with Crippen LogP contribution in [0.2, 0.25) is 0 Å². The maximum Gasteiger partial charge on any atom is 0.311 e. The van der Waals surface area contributed by atoms with Crippen molar-refractivity contribution in [1.82, 2.24) is 15.8 Å². The number of hydrogen-bond acceptors (Lipinski definition) is 5. The number of amides is 3. The summed E-state index contributed by atoms with van der Waals surface area (Å²) in [6.45, 7) is 0.114. The molecule has 1 saturated heterocycles. The normalized spacial score (nSPS) is 15.6. The fourth-order valence-electron chi connectivity index (χ4n) is 2.98. The molecule has 30 heavy (non-hydrogen) atoms. The molecule has 0 radical (unpaired) electrons. The van der Waals surface area contributed by atoms with Crippen LogP contribution in [0.15, 0.2) is 59.1 Å². The Morgan fingerprint density at radius 2 is 1.73 bits per heavy atom. The number of likely N-dealkylation sites (tertiary alicyclic amines) is 1. The lowest BCUT2D eigenvalue weighted by Gasteiger charge is -2.16. The van der Waals surface area contributed by atoms with Crippen molar-refractivity contribution in [2.45, 2.75) is 13.0 Å². The van der Waals surface area contributed by atoms with Crippen molar-refractivity contribution in [3.8, 4) is 0 Å². The SMILES string of the molecule is O=C(COC(=O)[C@H]1CC(=O)N(Cc2ccccc2)C1)NNC(=O)c1ccc(Br)cc1. The van der Waals surface area contributed by atoms with Crippen molar-refractivity contribution < 1.29 is 23.9 Å². The molecule has 0 bridgehead atoms. The lowest BCUT2D eigenvalue weighted by molar-refractivity contribution is -0.152. The highest BCUT2D eigenvalue weighted by Gasteiger charge is 2.35. The zero-order chi connectivity index (χ0) is 21.5. The van der Waals surface area contributed by atoms with Gasteiger partial charge in [0.2, 0.25) is 5.91 Å². The van der Waals surface area contributed by atoms with Gasteiger partial charge in [-0.05, 0) is 29.8 Å². The summed E-state index contributed by atoms with van der Waals surface area (Å²) in [5.41, 5.74) is 5.76. The van der Waals surface area contributed by atoms with E-state index < -0.39 is 30.3 Å². The number of benzene rings is 2. The minimum absolute atomic E-state index is 0.0492. The Balaban J connectivity index is 1.40. The fourth-order valence-corrected chi connectivity index (χ4v) is 3.24. The Morgan fingerprint density at radius 1 is 1.03 bits per heavy atom. The molecule has 0 aromatic heterocycles. The molecule has 0 saturated carbocycles. The van der Waals surface area contributed by atoms with E-state index in [2.05, 4.69) is 26.8 Å². The lowest BCUT2D eigenvalue weighted by Crippen LogP contribution is -2.43. The second-order valence-electron chi connectivity index (χ2n) is 6.78. The van der Waals surface area contributed by atoms with Gasteiger partial charge in [0.15, 0.2) is 6.61 Å². The smallest absolute Gasteiger partial charge is 0.311 e. The molecule has 9 heteroatoms. The summed E-state index contributed by atoms with van der Waals surface area (Å²) in [7, 11) is 0. The Hall–Kier alpha value is -3.20. The topological polar surface area (TPSA) is 105 Å². The van der Waals surface area contributed by atoms with Crippen LogP contribution in [0, 0.1) is 5.92 Å². The van der Waals surface area contributed by atoms with E-state index >= 15 is 0 Å². The maximum absolute atomic E-state index is 12.2. The molecular weight excluding hydrogens is 454 g/mol. The molecule has 1 heterocycles. The van der Waals surface area contributed by atoms with Crippen LogP contribution < -0.4 is 10.9 Å². The van der Waals surface area contributed by atoms with Gasteiger partial charge in [-0.3, -0.25) is 30.0 Å². The molecule has 3 rings (SSSR count). The number of ether oxygens (including phenoxy) is 1. The second kappa shape index (κ2) is 10.0. The van der Waals surface area contributed by atoms with Crippen LogP contribution in [0.25, 0.3) is 0 Å². The molecule has 3 amide bonds. The third kappa shape index (κ3) is 5.90. The zero-order valence-electron chi connectivity index (χ0n) is 16.0. The fraction of sp³-hybridized carbons (Fsp3) is 0.238. The van der Waals surface area contributed by atoms with Crippen molar-refractivity contribution in [3.63, 3.8) is 0 Å². The highest BCUT2D eigenvalue weighted by molar-refractivity contribution is 9.10. The largest absolute Gasteiger partial charge is 0.455 e. The average Bonchev–Trinajstić information content (AvgIpc) is 3.11. The predicted molar refractivity (Wildman–Crippen MR) is 111 cm³/mol. The van der Waals surface area contributed by atoms with Crippen LogP contribution in [0.1, 0.15) is 22.3 Å². The quantitative estimate of drug-likeness (QED) is 0.491. The summed E-state index contributed by atoms with van der Waals surface area (Å²) in [5.74, 6) is -2.55. The van der Waals surface area contributed by atoms with Crippen molar-refractivity contribution >= 4 is 39.6 Å². The Bertz CT molecular complexity index is 933. The molecule has 0 aliphatic carbocycles. The molecule has 1 aliphatic rings. The van der Waals surface area contributed by atoms with Gasteiger partial charge in [-0.15, -0.1) is 0 Å². The lowest BCUT2D eigenvalue weighted by atomic mass is 10.1. The number of nitrogens with zero attached hydrogens (tertiary/aromatic N) is 1. The van der Waals surface area contributed by atoms with Gasteiger partial charge in [0.1, 0.15) is 0 Å². The first kappa shape index (κ1) is 21.5. The van der Waals surface area contributed by atoms with Crippen LogP contribution in [0.5, 0.6) is 0 Å². The van der Waals surface area contributed by atoms with Gasteiger partial charge in [0.25, 0.3) is 11.8 Å². The Labute approximate surface area is 181 Å². The van der Waals surface area contributed by atoms with E-state index in [4.69, 9.17) is 4.74 Å². The van der Waals surface area contributed by atoms with Gasteiger partial charge >= 0.3 is 5.97 Å². The third-order valence-electron chi connectivity index (χ3n) is 4.53. The average molecular weight is 474 g/mol. The first-order valence-corrected chi connectivity index (χ1v) is 10.0. The van der Waals surface area contributed by atoms with E-state index in [1.807, 2.05) is 30.3 Å². The predicted octanol–water partition coefficient (Wildman–Crippen LogP) is 1.80. The standard InChI is InChI=1S/C21H20BrN3O5/c22-17-8-6-15(7-9-17)20(28)24-23-18(26)13-30-21(29)16-10-19(27)25(12-16)11-14-4-2-1-3-5-14/h1-9,16H,10-13H2,(H,23,26)(H,24,28)/t16-/m0/s1. The number of halogens is 1. The van der Waals surface area contributed by atoms with Crippen molar-refractivity contribution in [3.05, 3.63) is 70.2 Å². The summed E-state index contributed by atoms with van der Waals surface area (Å²) in [6, 6.07) is 16.0. The minimum atomic E-state index is -0.681. The number of rotatable bonds is 6. The molecule has 2 N–H and O–H groups in total. The molecule has 0 spiro atoms. The van der Waals surface area contributed by atoms with Gasteiger partial charge in [-0.2, -0.15) is 0 Å². The van der Waals surface area contributed by atoms with E-state index in [0.717, 1.165) is 10.0 Å². The van der Waals surface area contributed by atoms with Gasteiger partial charge in [-0.25, -0.2) is 0 Å². The van der Waals surface area contributed by atoms with Gasteiger partial charge in [0, 0.05) is 29.5 Å². The molecule has 1 aliphatic heterocycles.